The zero-order valence-corrected chi connectivity index (χ0v) is 17.8. The van der Waals surface area contributed by atoms with E-state index in [1.54, 1.807) is 42.5 Å². The fourth-order valence-electron chi connectivity index (χ4n) is 4.44. The van der Waals surface area contributed by atoms with Crippen molar-refractivity contribution in [3.8, 4) is 5.75 Å². The van der Waals surface area contributed by atoms with E-state index in [1.165, 1.54) is 30.3 Å². The average molecular weight is 457 g/mol. The highest BCUT2D eigenvalue weighted by Crippen LogP contribution is 2.36. The molecular weight excluding hydrogens is 434 g/mol. The lowest BCUT2D eigenvalue weighted by molar-refractivity contribution is -0.126. The largest absolute Gasteiger partial charge is 0.434 e. The molecule has 0 saturated carbocycles. The third-order valence-corrected chi connectivity index (χ3v) is 5.99. The SMILES string of the molecule is O=C1CCN(Cc2ccccc2OC(F)F)CC1C(c1ccc(F)cc1)c1ccc(F)cc1. The molecule has 0 bridgehead atoms. The minimum Gasteiger partial charge on any atom is -0.434 e. The monoisotopic (exact) mass is 457 g/mol. The van der Waals surface area contributed by atoms with Crippen LogP contribution in [0.4, 0.5) is 17.6 Å². The Morgan fingerprint density at radius 1 is 0.879 bits per heavy atom. The van der Waals surface area contributed by atoms with Gasteiger partial charge in [-0.2, -0.15) is 8.78 Å². The Labute approximate surface area is 189 Å². The summed E-state index contributed by atoms with van der Waals surface area (Å²) in [5.74, 6) is -1.46. The first kappa shape index (κ1) is 23.0. The normalized spacial score (nSPS) is 17.0. The zero-order valence-electron chi connectivity index (χ0n) is 17.8. The molecule has 0 aromatic heterocycles. The van der Waals surface area contributed by atoms with Gasteiger partial charge in [-0.3, -0.25) is 9.69 Å². The second-order valence-electron chi connectivity index (χ2n) is 8.12. The number of halogens is 4. The molecule has 1 unspecified atom stereocenters. The van der Waals surface area contributed by atoms with Crippen LogP contribution in [0.5, 0.6) is 5.75 Å². The molecule has 0 spiro atoms. The number of rotatable bonds is 7. The number of piperidine rings is 1. The van der Waals surface area contributed by atoms with Crippen LogP contribution in [-0.4, -0.2) is 30.4 Å². The molecule has 0 amide bonds. The smallest absolute Gasteiger partial charge is 0.387 e. The van der Waals surface area contributed by atoms with Gasteiger partial charge < -0.3 is 4.74 Å². The Kier molecular flexibility index (Phi) is 7.08. The van der Waals surface area contributed by atoms with E-state index in [4.69, 9.17) is 0 Å². The maximum atomic E-state index is 13.6. The molecule has 4 rings (SSSR count). The first-order valence-electron chi connectivity index (χ1n) is 10.7. The van der Waals surface area contributed by atoms with Gasteiger partial charge in [0.05, 0.1) is 0 Å². The van der Waals surface area contributed by atoms with E-state index in [1.807, 2.05) is 4.90 Å². The number of hydrogen-bond donors (Lipinski definition) is 0. The second-order valence-corrected chi connectivity index (χ2v) is 8.12. The van der Waals surface area contributed by atoms with Crippen molar-refractivity contribution >= 4 is 5.78 Å². The number of hydrogen-bond acceptors (Lipinski definition) is 3. The molecule has 1 aliphatic rings. The van der Waals surface area contributed by atoms with Gasteiger partial charge in [-0.25, -0.2) is 8.78 Å². The average Bonchev–Trinajstić information content (AvgIpc) is 2.79. The summed E-state index contributed by atoms with van der Waals surface area (Å²) in [5, 5.41) is 0. The molecule has 1 fully saturated rings. The van der Waals surface area contributed by atoms with Crippen molar-refractivity contribution < 1.29 is 27.1 Å². The van der Waals surface area contributed by atoms with Crippen LogP contribution in [-0.2, 0) is 11.3 Å². The minimum absolute atomic E-state index is 0.0574. The lowest BCUT2D eigenvalue weighted by Gasteiger charge is -2.36. The Balaban J connectivity index is 1.63. The van der Waals surface area contributed by atoms with Gasteiger partial charge in [0.1, 0.15) is 23.2 Å². The molecule has 1 saturated heterocycles. The van der Waals surface area contributed by atoms with Crippen LogP contribution in [0, 0.1) is 17.6 Å². The van der Waals surface area contributed by atoms with Gasteiger partial charge in [-0.15, -0.1) is 0 Å². The molecule has 3 nitrogen and oxygen atoms in total. The predicted octanol–water partition coefficient (Wildman–Crippen LogP) is 5.79. The third kappa shape index (κ3) is 5.60. The Bertz CT molecular complexity index is 1040. The van der Waals surface area contributed by atoms with E-state index < -0.39 is 18.4 Å². The van der Waals surface area contributed by atoms with Crippen LogP contribution in [0.15, 0.2) is 72.8 Å². The Morgan fingerprint density at radius 3 is 2.03 bits per heavy atom. The molecule has 3 aromatic rings. The van der Waals surface area contributed by atoms with Crippen LogP contribution < -0.4 is 4.74 Å². The highest BCUT2D eigenvalue weighted by atomic mass is 19.3. The van der Waals surface area contributed by atoms with Crippen molar-refractivity contribution in [3.63, 3.8) is 0 Å². The number of ketones is 1. The van der Waals surface area contributed by atoms with Crippen LogP contribution in [0.1, 0.15) is 29.0 Å². The molecular formula is C26H23F4NO2. The maximum absolute atomic E-state index is 13.6. The summed E-state index contributed by atoms with van der Waals surface area (Å²) in [6.45, 7) is -1.73. The van der Waals surface area contributed by atoms with Gasteiger partial charge in [0.15, 0.2) is 0 Å². The minimum atomic E-state index is -2.93. The fourth-order valence-corrected chi connectivity index (χ4v) is 4.44. The molecule has 0 N–H and O–H groups in total. The Hall–Kier alpha value is -3.19. The van der Waals surface area contributed by atoms with Crippen LogP contribution in [0.3, 0.4) is 0 Å². The lowest BCUT2D eigenvalue weighted by Crippen LogP contribution is -2.43. The topological polar surface area (TPSA) is 29.5 Å². The van der Waals surface area contributed by atoms with Gasteiger partial charge in [-0.05, 0) is 41.5 Å². The first-order chi connectivity index (χ1) is 15.9. The van der Waals surface area contributed by atoms with E-state index >= 15 is 0 Å². The number of para-hydroxylation sites is 1. The van der Waals surface area contributed by atoms with Crippen molar-refractivity contribution in [2.45, 2.75) is 25.5 Å². The first-order valence-corrected chi connectivity index (χ1v) is 10.7. The Morgan fingerprint density at radius 2 is 1.45 bits per heavy atom. The molecule has 3 aromatic carbocycles. The number of ether oxygens (including phenoxy) is 1. The molecule has 0 aliphatic carbocycles. The molecule has 0 radical (unpaired) electrons. The van der Waals surface area contributed by atoms with Crippen LogP contribution in [0.2, 0.25) is 0 Å². The van der Waals surface area contributed by atoms with E-state index in [-0.39, 0.29) is 23.2 Å². The van der Waals surface area contributed by atoms with Crippen molar-refractivity contribution in [1.82, 2.24) is 4.90 Å². The summed E-state index contributed by atoms with van der Waals surface area (Å²) in [5.41, 5.74) is 2.11. The summed E-state index contributed by atoms with van der Waals surface area (Å²) in [6.07, 6.45) is 0.293. The number of likely N-dealkylation sites (tertiary alicyclic amines) is 1. The number of benzene rings is 3. The molecule has 1 heterocycles. The van der Waals surface area contributed by atoms with Gasteiger partial charge >= 0.3 is 6.61 Å². The molecule has 1 atom stereocenters. The van der Waals surface area contributed by atoms with E-state index in [9.17, 15) is 22.4 Å². The quantitative estimate of drug-likeness (QED) is 0.421. The van der Waals surface area contributed by atoms with E-state index in [0.29, 0.717) is 31.6 Å². The van der Waals surface area contributed by atoms with E-state index in [0.717, 1.165) is 11.1 Å². The fraction of sp³-hybridized carbons (Fsp3) is 0.269. The van der Waals surface area contributed by atoms with Gasteiger partial charge in [-0.1, -0.05) is 42.5 Å². The van der Waals surface area contributed by atoms with Gasteiger partial charge in [0, 0.05) is 43.5 Å². The van der Waals surface area contributed by atoms with Crippen molar-refractivity contribution in [2.75, 3.05) is 13.1 Å². The molecule has 7 heteroatoms. The molecule has 1 aliphatic heterocycles. The van der Waals surface area contributed by atoms with E-state index in [2.05, 4.69) is 4.74 Å². The van der Waals surface area contributed by atoms with Gasteiger partial charge in [0.2, 0.25) is 0 Å². The summed E-state index contributed by atoms with van der Waals surface area (Å²) < 4.78 is 57.4. The van der Waals surface area contributed by atoms with Crippen LogP contribution in [0.25, 0.3) is 0 Å². The number of carbonyl (C=O) groups excluding carboxylic acids is 1. The summed E-state index contributed by atoms with van der Waals surface area (Å²) in [4.78, 5) is 15.1. The van der Waals surface area contributed by atoms with Gasteiger partial charge in [0.25, 0.3) is 0 Å². The molecule has 172 valence electrons. The van der Waals surface area contributed by atoms with Crippen molar-refractivity contribution in [2.24, 2.45) is 5.92 Å². The predicted molar refractivity (Wildman–Crippen MR) is 116 cm³/mol. The van der Waals surface area contributed by atoms with Crippen molar-refractivity contribution in [3.05, 3.63) is 101 Å². The molecule has 33 heavy (non-hydrogen) atoms. The summed E-state index contributed by atoms with van der Waals surface area (Å²) >= 11 is 0. The standard InChI is InChI=1S/C26H23F4NO2/c27-20-9-5-17(6-10-20)25(18-7-11-21(28)12-8-18)22-16-31(14-13-23(22)32)15-19-3-1-2-4-24(19)33-26(29)30/h1-12,22,25-26H,13-16H2. The van der Waals surface area contributed by atoms with Crippen LogP contribution >= 0.6 is 0 Å². The lowest BCUT2D eigenvalue weighted by atomic mass is 9.76. The van der Waals surface area contributed by atoms with Crippen molar-refractivity contribution in [1.29, 1.82) is 0 Å². The third-order valence-electron chi connectivity index (χ3n) is 5.99. The number of nitrogens with zero attached hydrogens (tertiary/aromatic N) is 1. The number of carbonyl (C=O) groups is 1. The highest BCUT2D eigenvalue weighted by Gasteiger charge is 2.35. The maximum Gasteiger partial charge on any atom is 0.387 e. The number of alkyl halides is 2. The summed E-state index contributed by atoms with van der Waals surface area (Å²) in [6, 6.07) is 18.5. The second kappa shape index (κ2) is 10.2. The summed E-state index contributed by atoms with van der Waals surface area (Å²) in [7, 11) is 0. The highest BCUT2D eigenvalue weighted by molar-refractivity contribution is 5.83. The number of Topliss-reactive ketones (excluding diaryl/α,β-unsaturated/α-hetero) is 1. The zero-order chi connectivity index (χ0) is 23.4.